The van der Waals surface area contributed by atoms with Crippen LogP contribution in [0.4, 0.5) is 0 Å². The molecule has 0 spiro atoms. The van der Waals surface area contributed by atoms with E-state index in [4.69, 9.17) is 28.4 Å². The first kappa shape index (κ1) is 19.4. The first-order valence-electron chi connectivity index (χ1n) is 10.1. The number of hydrogen-bond donors (Lipinski definition) is 0. The van der Waals surface area contributed by atoms with Crippen molar-refractivity contribution in [3.05, 3.63) is 42.1 Å². The van der Waals surface area contributed by atoms with Crippen molar-refractivity contribution < 1.29 is 28.4 Å². The summed E-state index contributed by atoms with van der Waals surface area (Å²) < 4.78 is 36.4. The number of hydrogen-bond acceptors (Lipinski definition) is 7. The standard InChI is InChI=1S/C22H27NO6/c1-21(2)26-17-16(25-20-19(18(17)27-21)28-22(3,4)29-20)12-24-11-13-9-14-7-5-6-8-15(14)23-10-13/h5-10,16-20H,11-12H2,1-4H3/t16-,17-,18+,19-,20-/m1/s1. The van der Waals surface area contributed by atoms with Crippen molar-refractivity contribution in [3.63, 3.8) is 0 Å². The third-order valence-electron chi connectivity index (χ3n) is 5.45. The van der Waals surface area contributed by atoms with Crippen LogP contribution in [0.3, 0.4) is 0 Å². The van der Waals surface area contributed by atoms with Gasteiger partial charge in [-0.05, 0) is 45.4 Å². The zero-order valence-corrected chi connectivity index (χ0v) is 17.2. The monoisotopic (exact) mass is 401 g/mol. The highest BCUT2D eigenvalue weighted by atomic mass is 16.9. The van der Waals surface area contributed by atoms with Crippen LogP contribution in [0, 0.1) is 0 Å². The smallest absolute Gasteiger partial charge is 0.190 e. The molecule has 29 heavy (non-hydrogen) atoms. The second-order valence-electron chi connectivity index (χ2n) is 8.76. The Bertz CT molecular complexity index is 900. The van der Waals surface area contributed by atoms with Gasteiger partial charge < -0.3 is 28.4 Å². The molecule has 5 rings (SSSR count). The SMILES string of the molecule is CC1(C)O[C@H]2O[C@H](COCc3cnc4ccccc4c3)[C@H]3OC(C)(C)O[C@@H]3[C@H]2O1. The van der Waals surface area contributed by atoms with E-state index in [-0.39, 0.29) is 24.4 Å². The number of fused-ring (bicyclic) bond motifs is 4. The van der Waals surface area contributed by atoms with E-state index in [2.05, 4.69) is 11.1 Å². The normalized spacial score (nSPS) is 34.8. The minimum absolute atomic E-state index is 0.263. The molecule has 3 saturated heterocycles. The van der Waals surface area contributed by atoms with E-state index in [1.807, 2.05) is 58.2 Å². The second kappa shape index (κ2) is 6.97. The van der Waals surface area contributed by atoms with E-state index in [1.54, 1.807) is 0 Å². The summed E-state index contributed by atoms with van der Waals surface area (Å²) in [5.41, 5.74) is 1.99. The van der Waals surface area contributed by atoms with E-state index < -0.39 is 17.9 Å². The summed E-state index contributed by atoms with van der Waals surface area (Å²) in [6.07, 6.45) is 0.170. The molecule has 0 radical (unpaired) electrons. The maximum atomic E-state index is 6.17. The Morgan fingerprint density at radius 3 is 2.52 bits per heavy atom. The lowest BCUT2D eigenvalue weighted by molar-refractivity contribution is -0.243. The lowest BCUT2D eigenvalue weighted by Crippen LogP contribution is -2.56. The number of pyridine rings is 1. The number of rotatable bonds is 4. The van der Waals surface area contributed by atoms with Crippen LogP contribution >= 0.6 is 0 Å². The van der Waals surface area contributed by atoms with Gasteiger partial charge in [0.1, 0.15) is 24.4 Å². The van der Waals surface area contributed by atoms with Crippen molar-refractivity contribution >= 4 is 10.9 Å². The molecule has 0 aliphatic carbocycles. The van der Waals surface area contributed by atoms with Crippen LogP contribution in [-0.2, 0) is 35.0 Å². The van der Waals surface area contributed by atoms with E-state index >= 15 is 0 Å². The zero-order chi connectivity index (χ0) is 20.2. The number of benzene rings is 1. The molecule has 0 amide bonds. The molecule has 3 aliphatic heterocycles. The lowest BCUT2D eigenvalue weighted by atomic mass is 9.99. The van der Waals surface area contributed by atoms with Crippen LogP contribution in [0.1, 0.15) is 33.3 Å². The lowest BCUT2D eigenvalue weighted by Gasteiger charge is -2.37. The molecule has 7 heteroatoms. The predicted octanol–water partition coefficient (Wildman–Crippen LogP) is 3.15. The van der Waals surface area contributed by atoms with Crippen molar-refractivity contribution in [1.82, 2.24) is 4.98 Å². The fourth-order valence-corrected chi connectivity index (χ4v) is 4.32. The average Bonchev–Trinajstić information content (AvgIpc) is 3.16. The molecule has 0 N–H and O–H groups in total. The van der Waals surface area contributed by atoms with E-state index in [1.165, 1.54) is 0 Å². The molecule has 7 nitrogen and oxygen atoms in total. The van der Waals surface area contributed by atoms with E-state index in [0.717, 1.165) is 16.5 Å². The van der Waals surface area contributed by atoms with Gasteiger partial charge in [0.25, 0.3) is 0 Å². The van der Waals surface area contributed by atoms with Gasteiger partial charge >= 0.3 is 0 Å². The summed E-state index contributed by atoms with van der Waals surface area (Å²) >= 11 is 0. The highest BCUT2D eigenvalue weighted by Gasteiger charge is 2.60. The van der Waals surface area contributed by atoms with E-state index in [9.17, 15) is 0 Å². The Balaban J connectivity index is 1.27. The first-order valence-corrected chi connectivity index (χ1v) is 10.1. The molecule has 156 valence electrons. The Kier molecular flexibility index (Phi) is 4.66. The topological polar surface area (TPSA) is 68.3 Å². The minimum Gasteiger partial charge on any atom is -0.374 e. The van der Waals surface area contributed by atoms with Gasteiger partial charge in [-0.2, -0.15) is 0 Å². The van der Waals surface area contributed by atoms with Gasteiger partial charge in [-0.3, -0.25) is 4.98 Å². The van der Waals surface area contributed by atoms with Crippen molar-refractivity contribution in [1.29, 1.82) is 0 Å². The van der Waals surface area contributed by atoms with Crippen molar-refractivity contribution in [2.24, 2.45) is 0 Å². The van der Waals surface area contributed by atoms with Crippen LogP contribution in [0.25, 0.3) is 10.9 Å². The molecule has 3 aliphatic rings. The fourth-order valence-electron chi connectivity index (χ4n) is 4.32. The molecule has 1 aromatic heterocycles. The summed E-state index contributed by atoms with van der Waals surface area (Å²) in [5, 5.41) is 1.10. The van der Waals surface area contributed by atoms with Gasteiger partial charge in [-0.15, -0.1) is 0 Å². The van der Waals surface area contributed by atoms with Gasteiger partial charge in [0.15, 0.2) is 17.9 Å². The van der Waals surface area contributed by atoms with Crippen LogP contribution in [0.2, 0.25) is 0 Å². The Labute approximate surface area is 170 Å². The van der Waals surface area contributed by atoms with Crippen LogP contribution < -0.4 is 0 Å². The van der Waals surface area contributed by atoms with Crippen LogP contribution in [-0.4, -0.2) is 53.9 Å². The highest BCUT2D eigenvalue weighted by molar-refractivity contribution is 5.78. The summed E-state index contributed by atoms with van der Waals surface area (Å²) in [4.78, 5) is 4.49. The largest absolute Gasteiger partial charge is 0.374 e. The Hall–Kier alpha value is -1.61. The number of nitrogens with zero attached hydrogens (tertiary/aromatic N) is 1. The summed E-state index contributed by atoms with van der Waals surface area (Å²) in [6.45, 7) is 8.36. The highest BCUT2D eigenvalue weighted by Crippen LogP contribution is 2.44. The summed E-state index contributed by atoms with van der Waals surface area (Å²) in [5.74, 6) is -1.42. The molecular weight excluding hydrogens is 374 g/mol. The maximum Gasteiger partial charge on any atom is 0.190 e. The van der Waals surface area contributed by atoms with Crippen LogP contribution in [0.15, 0.2) is 36.5 Å². The third-order valence-corrected chi connectivity index (χ3v) is 5.45. The third kappa shape index (κ3) is 3.79. The number of ether oxygens (including phenoxy) is 6. The van der Waals surface area contributed by atoms with Crippen molar-refractivity contribution in [3.8, 4) is 0 Å². The molecule has 0 bridgehead atoms. The summed E-state index contributed by atoms with van der Waals surface area (Å²) in [6, 6.07) is 10.1. The van der Waals surface area contributed by atoms with Gasteiger partial charge in [0, 0.05) is 11.6 Å². The van der Waals surface area contributed by atoms with Crippen molar-refractivity contribution in [2.45, 2.75) is 76.6 Å². The van der Waals surface area contributed by atoms with Gasteiger partial charge in [0.2, 0.25) is 0 Å². The molecular formula is C22H27NO6. The maximum absolute atomic E-state index is 6.17. The molecule has 2 aromatic rings. The van der Waals surface area contributed by atoms with Gasteiger partial charge in [0.05, 0.1) is 18.7 Å². The van der Waals surface area contributed by atoms with Crippen molar-refractivity contribution in [2.75, 3.05) is 6.61 Å². The predicted molar refractivity (Wildman–Crippen MR) is 104 cm³/mol. The molecule has 3 fully saturated rings. The average molecular weight is 401 g/mol. The Morgan fingerprint density at radius 1 is 0.931 bits per heavy atom. The molecule has 0 unspecified atom stereocenters. The Morgan fingerprint density at radius 2 is 1.66 bits per heavy atom. The number of aromatic nitrogens is 1. The summed E-state index contributed by atoms with van der Waals surface area (Å²) in [7, 11) is 0. The molecule has 4 heterocycles. The quantitative estimate of drug-likeness (QED) is 0.780. The molecule has 1 aromatic carbocycles. The fraction of sp³-hybridized carbons (Fsp3) is 0.591. The molecule has 5 atom stereocenters. The van der Waals surface area contributed by atoms with Crippen LogP contribution in [0.5, 0.6) is 0 Å². The van der Waals surface area contributed by atoms with Gasteiger partial charge in [-0.25, -0.2) is 0 Å². The molecule has 0 saturated carbocycles. The van der Waals surface area contributed by atoms with Gasteiger partial charge in [-0.1, -0.05) is 18.2 Å². The second-order valence-corrected chi connectivity index (χ2v) is 8.76. The first-order chi connectivity index (χ1) is 13.8. The minimum atomic E-state index is -0.720. The van der Waals surface area contributed by atoms with E-state index in [0.29, 0.717) is 13.2 Å². The zero-order valence-electron chi connectivity index (χ0n) is 17.2. The number of para-hydroxylation sites is 1.